The van der Waals surface area contributed by atoms with Gasteiger partial charge in [-0.25, -0.2) is 4.79 Å². The minimum Gasteiger partial charge on any atom is -0.451 e. The fraction of sp³-hybridized carbons (Fsp3) is 0.400. The van der Waals surface area contributed by atoms with Crippen molar-refractivity contribution in [1.29, 1.82) is 0 Å². The molecule has 1 amide bonds. The molecule has 0 spiro atoms. The highest BCUT2D eigenvalue weighted by Crippen LogP contribution is 2.15. The SMILES string of the molecule is O=C(COC(=O)c1n[nH]c2ccccc12)NC[C@@H]1CCCO1. The molecule has 1 fully saturated rings. The highest BCUT2D eigenvalue weighted by Gasteiger charge is 2.18. The summed E-state index contributed by atoms with van der Waals surface area (Å²) in [4.78, 5) is 23.6. The first-order chi connectivity index (χ1) is 10.7. The third-order valence-electron chi connectivity index (χ3n) is 3.55. The average Bonchev–Trinajstić information content (AvgIpc) is 3.19. The van der Waals surface area contributed by atoms with E-state index in [2.05, 4.69) is 15.5 Å². The van der Waals surface area contributed by atoms with Gasteiger partial charge in [-0.05, 0) is 18.9 Å². The van der Waals surface area contributed by atoms with E-state index in [-0.39, 0.29) is 24.3 Å². The molecule has 1 aromatic heterocycles. The number of nitrogens with one attached hydrogen (secondary N) is 2. The maximum atomic E-state index is 12.0. The summed E-state index contributed by atoms with van der Waals surface area (Å²) in [6, 6.07) is 7.23. The Bertz CT molecular complexity index is 676. The van der Waals surface area contributed by atoms with Gasteiger partial charge in [0.25, 0.3) is 5.91 Å². The van der Waals surface area contributed by atoms with E-state index in [9.17, 15) is 9.59 Å². The summed E-state index contributed by atoms with van der Waals surface area (Å²) in [5, 5.41) is 10.0. The molecule has 0 aliphatic carbocycles. The van der Waals surface area contributed by atoms with Crippen molar-refractivity contribution < 1.29 is 19.1 Å². The summed E-state index contributed by atoms with van der Waals surface area (Å²) in [5.41, 5.74) is 0.930. The molecule has 0 unspecified atom stereocenters. The van der Waals surface area contributed by atoms with Crippen molar-refractivity contribution in [2.75, 3.05) is 19.8 Å². The molecule has 2 aromatic rings. The number of ether oxygens (including phenoxy) is 2. The molecular weight excluding hydrogens is 286 g/mol. The molecule has 0 radical (unpaired) electrons. The number of fused-ring (bicyclic) bond motifs is 1. The lowest BCUT2D eigenvalue weighted by Crippen LogP contribution is -2.34. The lowest BCUT2D eigenvalue weighted by molar-refractivity contribution is -0.124. The van der Waals surface area contributed by atoms with Crippen molar-refractivity contribution in [3.8, 4) is 0 Å². The van der Waals surface area contributed by atoms with E-state index in [0.29, 0.717) is 11.9 Å². The first-order valence-electron chi connectivity index (χ1n) is 7.22. The Morgan fingerprint density at radius 2 is 2.27 bits per heavy atom. The molecule has 0 bridgehead atoms. The summed E-state index contributed by atoms with van der Waals surface area (Å²) in [5.74, 6) is -0.964. The number of para-hydroxylation sites is 1. The zero-order valence-electron chi connectivity index (χ0n) is 12.0. The molecule has 3 rings (SSSR count). The standard InChI is InChI=1S/C15H17N3O4/c19-13(16-8-10-4-3-7-21-10)9-22-15(20)14-11-5-1-2-6-12(11)17-18-14/h1-2,5-6,10H,3-4,7-9H2,(H,16,19)(H,17,18)/t10-/m0/s1. The van der Waals surface area contributed by atoms with Crippen molar-refractivity contribution in [3.63, 3.8) is 0 Å². The van der Waals surface area contributed by atoms with Gasteiger partial charge in [0.1, 0.15) is 0 Å². The van der Waals surface area contributed by atoms with Crippen LogP contribution in [0.15, 0.2) is 24.3 Å². The van der Waals surface area contributed by atoms with Crippen LogP contribution in [-0.4, -0.2) is 47.9 Å². The first kappa shape index (κ1) is 14.5. The van der Waals surface area contributed by atoms with Gasteiger partial charge in [0.15, 0.2) is 12.3 Å². The molecule has 1 aromatic carbocycles. The third kappa shape index (κ3) is 3.25. The number of esters is 1. The number of carbonyl (C=O) groups is 2. The maximum absolute atomic E-state index is 12.0. The van der Waals surface area contributed by atoms with Crippen LogP contribution in [0.4, 0.5) is 0 Å². The number of aromatic amines is 1. The predicted molar refractivity (Wildman–Crippen MR) is 78.4 cm³/mol. The molecule has 2 heterocycles. The van der Waals surface area contributed by atoms with Gasteiger partial charge in [-0.2, -0.15) is 5.10 Å². The van der Waals surface area contributed by atoms with Crippen molar-refractivity contribution in [2.45, 2.75) is 18.9 Å². The van der Waals surface area contributed by atoms with Crippen LogP contribution in [0.5, 0.6) is 0 Å². The van der Waals surface area contributed by atoms with E-state index >= 15 is 0 Å². The van der Waals surface area contributed by atoms with Crippen molar-refractivity contribution >= 4 is 22.8 Å². The van der Waals surface area contributed by atoms with E-state index in [1.807, 2.05) is 18.2 Å². The molecule has 2 N–H and O–H groups in total. The molecule has 1 aliphatic rings. The van der Waals surface area contributed by atoms with E-state index in [1.165, 1.54) is 0 Å². The van der Waals surface area contributed by atoms with E-state index in [0.717, 1.165) is 25.0 Å². The Hall–Kier alpha value is -2.41. The van der Waals surface area contributed by atoms with Gasteiger partial charge in [-0.15, -0.1) is 0 Å². The molecular formula is C15H17N3O4. The van der Waals surface area contributed by atoms with Crippen LogP contribution in [0.3, 0.4) is 0 Å². The number of carbonyl (C=O) groups excluding carboxylic acids is 2. The smallest absolute Gasteiger partial charge is 0.359 e. The van der Waals surface area contributed by atoms with Crippen LogP contribution < -0.4 is 5.32 Å². The topological polar surface area (TPSA) is 93.3 Å². The van der Waals surface area contributed by atoms with E-state index in [1.54, 1.807) is 6.07 Å². The molecule has 0 saturated carbocycles. The van der Waals surface area contributed by atoms with Crippen LogP contribution in [0.25, 0.3) is 10.9 Å². The number of amides is 1. The molecule has 1 atom stereocenters. The molecule has 7 nitrogen and oxygen atoms in total. The van der Waals surface area contributed by atoms with Gasteiger partial charge in [0, 0.05) is 18.5 Å². The van der Waals surface area contributed by atoms with Gasteiger partial charge >= 0.3 is 5.97 Å². The molecule has 7 heteroatoms. The third-order valence-corrected chi connectivity index (χ3v) is 3.55. The van der Waals surface area contributed by atoms with E-state index in [4.69, 9.17) is 9.47 Å². The van der Waals surface area contributed by atoms with Crippen molar-refractivity contribution in [3.05, 3.63) is 30.0 Å². The lowest BCUT2D eigenvalue weighted by atomic mass is 10.2. The van der Waals surface area contributed by atoms with Crippen molar-refractivity contribution in [2.24, 2.45) is 0 Å². The molecule has 1 aliphatic heterocycles. The Kier molecular flexibility index (Phi) is 4.34. The van der Waals surface area contributed by atoms with Crippen LogP contribution in [0.1, 0.15) is 23.3 Å². The van der Waals surface area contributed by atoms with Crippen LogP contribution in [-0.2, 0) is 14.3 Å². The molecule has 116 valence electrons. The molecule has 1 saturated heterocycles. The summed E-state index contributed by atoms with van der Waals surface area (Å²) >= 11 is 0. The monoisotopic (exact) mass is 303 g/mol. The summed E-state index contributed by atoms with van der Waals surface area (Å²) in [6.07, 6.45) is 2.02. The number of hydrogen-bond acceptors (Lipinski definition) is 5. The van der Waals surface area contributed by atoms with Gasteiger partial charge in [-0.3, -0.25) is 9.89 Å². The lowest BCUT2D eigenvalue weighted by Gasteiger charge is -2.10. The van der Waals surface area contributed by atoms with Crippen LogP contribution in [0, 0.1) is 0 Å². The fourth-order valence-corrected chi connectivity index (χ4v) is 2.40. The Morgan fingerprint density at radius 1 is 1.41 bits per heavy atom. The number of nitrogens with zero attached hydrogens (tertiary/aromatic N) is 1. The second-order valence-corrected chi connectivity index (χ2v) is 5.13. The summed E-state index contributed by atoms with van der Waals surface area (Å²) < 4.78 is 10.4. The predicted octanol–water partition coefficient (Wildman–Crippen LogP) is 1.01. The van der Waals surface area contributed by atoms with E-state index < -0.39 is 5.97 Å². The quantitative estimate of drug-likeness (QED) is 0.804. The number of aromatic nitrogens is 2. The average molecular weight is 303 g/mol. The zero-order valence-corrected chi connectivity index (χ0v) is 12.0. The Morgan fingerprint density at radius 3 is 3.09 bits per heavy atom. The van der Waals surface area contributed by atoms with Crippen LogP contribution in [0.2, 0.25) is 0 Å². The fourth-order valence-electron chi connectivity index (χ4n) is 2.40. The first-order valence-corrected chi connectivity index (χ1v) is 7.22. The minimum atomic E-state index is -0.621. The number of benzene rings is 1. The summed E-state index contributed by atoms with van der Waals surface area (Å²) in [6.45, 7) is 0.857. The number of hydrogen-bond donors (Lipinski definition) is 2. The Labute approximate surface area is 127 Å². The zero-order chi connectivity index (χ0) is 15.4. The van der Waals surface area contributed by atoms with Crippen molar-refractivity contribution in [1.82, 2.24) is 15.5 Å². The molecule has 22 heavy (non-hydrogen) atoms. The number of H-pyrrole nitrogens is 1. The second-order valence-electron chi connectivity index (χ2n) is 5.13. The van der Waals surface area contributed by atoms with Gasteiger partial charge in [0.05, 0.1) is 11.6 Å². The summed E-state index contributed by atoms with van der Waals surface area (Å²) in [7, 11) is 0. The minimum absolute atomic E-state index is 0.0648. The maximum Gasteiger partial charge on any atom is 0.359 e. The van der Waals surface area contributed by atoms with Gasteiger partial charge in [-0.1, -0.05) is 18.2 Å². The van der Waals surface area contributed by atoms with Crippen LogP contribution >= 0.6 is 0 Å². The van der Waals surface area contributed by atoms with Gasteiger partial charge in [0.2, 0.25) is 0 Å². The highest BCUT2D eigenvalue weighted by atomic mass is 16.5. The largest absolute Gasteiger partial charge is 0.451 e. The second kappa shape index (κ2) is 6.57. The van der Waals surface area contributed by atoms with Gasteiger partial charge < -0.3 is 14.8 Å². The Balaban J connectivity index is 1.50. The highest BCUT2D eigenvalue weighted by molar-refractivity contribution is 6.02. The number of rotatable bonds is 5. The normalized spacial score (nSPS) is 17.5.